The summed E-state index contributed by atoms with van der Waals surface area (Å²) in [4.78, 5) is 0. The molecule has 1 saturated carbocycles. The van der Waals surface area contributed by atoms with Crippen molar-refractivity contribution in [3.8, 4) is 0 Å². The largest absolute Gasteiger partial charge is 0.307 e. The fraction of sp³-hybridized carbons (Fsp3) is 0.400. The summed E-state index contributed by atoms with van der Waals surface area (Å²) in [6.07, 6.45) is 2.78. The summed E-state index contributed by atoms with van der Waals surface area (Å²) in [5, 5.41) is 7.21. The van der Waals surface area contributed by atoms with E-state index in [4.69, 9.17) is 0 Å². The Bertz CT molecular complexity index is 656. The lowest BCUT2D eigenvalue weighted by Crippen LogP contribution is -2.24. The van der Waals surface area contributed by atoms with Gasteiger partial charge in [-0.1, -0.05) is 54.1 Å². The maximum atomic E-state index is 3.81. The first kappa shape index (κ1) is 14.0. The third-order valence-corrected chi connectivity index (χ3v) is 4.74. The molecule has 0 radical (unpaired) electrons. The summed E-state index contributed by atoms with van der Waals surface area (Å²) in [5.74, 6) is 0.889. The molecule has 0 aromatic heterocycles. The Labute approximate surface area is 132 Å². The number of aryl methyl sites for hydroxylation is 1. The van der Waals surface area contributed by atoms with Gasteiger partial charge in [-0.15, -0.1) is 0 Å². The first-order chi connectivity index (χ1) is 10.8. The first-order valence-electron chi connectivity index (χ1n) is 8.43. The highest BCUT2D eigenvalue weighted by Gasteiger charge is 2.25. The van der Waals surface area contributed by atoms with Gasteiger partial charge in [-0.3, -0.25) is 0 Å². The molecule has 22 heavy (non-hydrogen) atoms. The van der Waals surface area contributed by atoms with E-state index >= 15 is 0 Å². The minimum absolute atomic E-state index is 0.305. The van der Waals surface area contributed by atoms with Gasteiger partial charge >= 0.3 is 0 Å². The number of hydrogen-bond acceptors (Lipinski definition) is 2. The quantitative estimate of drug-likeness (QED) is 0.796. The van der Waals surface area contributed by atoms with Crippen LogP contribution in [0.1, 0.15) is 47.2 Å². The SMILES string of the molecule is Cc1cccc(C(NCC2CC2)c2cccc(C3CN3)c2)c1. The second-order valence-corrected chi connectivity index (χ2v) is 6.83. The van der Waals surface area contributed by atoms with Crippen LogP contribution in [-0.4, -0.2) is 13.1 Å². The molecule has 2 N–H and O–H groups in total. The second kappa shape index (κ2) is 5.86. The predicted molar refractivity (Wildman–Crippen MR) is 90.9 cm³/mol. The molecule has 1 aliphatic heterocycles. The van der Waals surface area contributed by atoms with Gasteiger partial charge in [0.25, 0.3) is 0 Å². The van der Waals surface area contributed by atoms with Crippen LogP contribution in [0.2, 0.25) is 0 Å². The van der Waals surface area contributed by atoms with Crippen LogP contribution >= 0.6 is 0 Å². The molecule has 2 unspecified atom stereocenters. The van der Waals surface area contributed by atoms with E-state index in [2.05, 4.69) is 66.1 Å². The molecule has 2 aromatic carbocycles. The van der Waals surface area contributed by atoms with Crippen molar-refractivity contribution in [3.05, 3.63) is 70.8 Å². The van der Waals surface area contributed by atoms with E-state index in [0.29, 0.717) is 12.1 Å². The average Bonchev–Trinajstić information content (AvgIpc) is 3.41. The standard InChI is InChI=1S/C20H24N2/c1-14-4-2-6-17(10-14)20(22-12-15-8-9-15)18-7-3-5-16(11-18)19-13-21-19/h2-7,10-11,15,19-22H,8-9,12-13H2,1H3. The summed E-state index contributed by atoms with van der Waals surface area (Å²) in [7, 11) is 0. The van der Waals surface area contributed by atoms with Crippen molar-refractivity contribution in [2.75, 3.05) is 13.1 Å². The van der Waals surface area contributed by atoms with Crippen molar-refractivity contribution in [3.63, 3.8) is 0 Å². The Balaban J connectivity index is 1.64. The van der Waals surface area contributed by atoms with E-state index in [1.165, 1.54) is 35.1 Å². The predicted octanol–water partition coefficient (Wildman–Crippen LogP) is 3.73. The fourth-order valence-electron chi connectivity index (χ4n) is 3.13. The van der Waals surface area contributed by atoms with Crippen LogP contribution in [0.5, 0.6) is 0 Å². The van der Waals surface area contributed by atoms with Gasteiger partial charge in [0.1, 0.15) is 0 Å². The summed E-state index contributed by atoms with van der Waals surface area (Å²) < 4.78 is 0. The molecule has 4 rings (SSSR count). The highest BCUT2D eigenvalue weighted by Crippen LogP contribution is 2.31. The molecule has 0 amide bonds. The Hall–Kier alpha value is -1.64. The summed E-state index contributed by atoms with van der Waals surface area (Å²) >= 11 is 0. The minimum Gasteiger partial charge on any atom is -0.307 e. The van der Waals surface area contributed by atoms with Crippen molar-refractivity contribution in [2.45, 2.75) is 31.8 Å². The van der Waals surface area contributed by atoms with Crippen LogP contribution in [-0.2, 0) is 0 Å². The molecule has 1 aliphatic carbocycles. The molecule has 2 nitrogen and oxygen atoms in total. The van der Waals surface area contributed by atoms with Gasteiger partial charge in [0.15, 0.2) is 0 Å². The number of rotatable bonds is 6. The molecule has 2 aliphatic rings. The molecule has 0 spiro atoms. The molecule has 2 aromatic rings. The number of hydrogen-bond donors (Lipinski definition) is 2. The molecular weight excluding hydrogens is 268 g/mol. The molecular formula is C20H24N2. The Kier molecular flexibility index (Phi) is 3.73. The Morgan fingerprint density at radius 1 is 1.09 bits per heavy atom. The van der Waals surface area contributed by atoms with Gasteiger partial charge in [0.2, 0.25) is 0 Å². The zero-order chi connectivity index (χ0) is 14.9. The normalized spacial score (nSPS) is 21.6. The van der Waals surface area contributed by atoms with E-state index in [-0.39, 0.29) is 0 Å². The van der Waals surface area contributed by atoms with Crippen molar-refractivity contribution in [2.24, 2.45) is 5.92 Å². The van der Waals surface area contributed by atoms with Gasteiger partial charge in [-0.2, -0.15) is 0 Å². The van der Waals surface area contributed by atoms with Crippen LogP contribution in [0.15, 0.2) is 48.5 Å². The lowest BCUT2D eigenvalue weighted by Gasteiger charge is -2.21. The maximum Gasteiger partial charge on any atom is 0.0577 e. The van der Waals surface area contributed by atoms with Gasteiger partial charge in [-0.25, -0.2) is 0 Å². The van der Waals surface area contributed by atoms with Crippen LogP contribution in [0, 0.1) is 12.8 Å². The van der Waals surface area contributed by atoms with Gasteiger partial charge < -0.3 is 10.6 Å². The highest BCUT2D eigenvalue weighted by molar-refractivity contribution is 5.37. The maximum absolute atomic E-state index is 3.81. The van der Waals surface area contributed by atoms with Crippen molar-refractivity contribution >= 4 is 0 Å². The van der Waals surface area contributed by atoms with E-state index in [1.807, 2.05) is 0 Å². The molecule has 2 fully saturated rings. The minimum atomic E-state index is 0.305. The average molecular weight is 292 g/mol. The number of benzene rings is 2. The second-order valence-electron chi connectivity index (χ2n) is 6.83. The van der Waals surface area contributed by atoms with Crippen molar-refractivity contribution in [1.29, 1.82) is 0 Å². The summed E-state index contributed by atoms with van der Waals surface area (Å²) in [6.45, 7) is 4.42. The van der Waals surface area contributed by atoms with Gasteiger partial charge in [0, 0.05) is 12.6 Å². The van der Waals surface area contributed by atoms with Crippen LogP contribution < -0.4 is 10.6 Å². The molecule has 1 heterocycles. The monoisotopic (exact) mass is 292 g/mol. The number of nitrogens with one attached hydrogen (secondary N) is 2. The lowest BCUT2D eigenvalue weighted by atomic mass is 9.95. The molecule has 2 heteroatoms. The Morgan fingerprint density at radius 2 is 1.82 bits per heavy atom. The third-order valence-electron chi connectivity index (χ3n) is 4.74. The first-order valence-corrected chi connectivity index (χ1v) is 8.43. The van der Waals surface area contributed by atoms with Crippen LogP contribution in [0.3, 0.4) is 0 Å². The molecule has 1 saturated heterocycles. The van der Waals surface area contributed by atoms with Crippen LogP contribution in [0.4, 0.5) is 0 Å². The third kappa shape index (κ3) is 3.23. The zero-order valence-electron chi connectivity index (χ0n) is 13.2. The fourth-order valence-corrected chi connectivity index (χ4v) is 3.13. The van der Waals surface area contributed by atoms with Crippen molar-refractivity contribution < 1.29 is 0 Å². The highest BCUT2D eigenvalue weighted by atomic mass is 15.1. The molecule has 114 valence electrons. The van der Waals surface area contributed by atoms with E-state index in [1.54, 1.807) is 0 Å². The van der Waals surface area contributed by atoms with Gasteiger partial charge in [0.05, 0.1) is 6.04 Å². The topological polar surface area (TPSA) is 34.0 Å². The van der Waals surface area contributed by atoms with E-state index < -0.39 is 0 Å². The van der Waals surface area contributed by atoms with E-state index in [0.717, 1.165) is 19.0 Å². The summed E-state index contributed by atoms with van der Waals surface area (Å²) in [5.41, 5.74) is 5.51. The van der Waals surface area contributed by atoms with E-state index in [9.17, 15) is 0 Å². The van der Waals surface area contributed by atoms with Crippen molar-refractivity contribution in [1.82, 2.24) is 10.6 Å². The lowest BCUT2D eigenvalue weighted by molar-refractivity contribution is 0.573. The molecule has 2 atom stereocenters. The smallest absolute Gasteiger partial charge is 0.0577 e. The van der Waals surface area contributed by atoms with Crippen LogP contribution in [0.25, 0.3) is 0 Å². The van der Waals surface area contributed by atoms with Gasteiger partial charge in [-0.05, 0) is 48.9 Å². The zero-order valence-corrected chi connectivity index (χ0v) is 13.2. The summed E-state index contributed by atoms with van der Waals surface area (Å²) in [6, 6.07) is 18.9. The molecule has 0 bridgehead atoms. The Morgan fingerprint density at radius 3 is 2.50 bits per heavy atom.